The zero-order valence-corrected chi connectivity index (χ0v) is 34.9. The first-order valence-electron chi connectivity index (χ1n) is 21.3. The van der Waals surface area contributed by atoms with Gasteiger partial charge in [0.15, 0.2) is 12.2 Å². The Bertz CT molecular complexity index is 1170. The predicted molar refractivity (Wildman–Crippen MR) is 210 cm³/mol. The summed E-state index contributed by atoms with van der Waals surface area (Å²) < 4.78 is 26.0. The fourth-order valence-corrected chi connectivity index (χ4v) is 8.19. The van der Waals surface area contributed by atoms with E-state index in [0.29, 0.717) is 30.6 Å². The first-order chi connectivity index (χ1) is 26.7. The van der Waals surface area contributed by atoms with E-state index >= 15 is 0 Å². The van der Waals surface area contributed by atoms with Crippen LogP contribution in [-0.4, -0.2) is 107 Å². The molecule has 2 fully saturated rings. The van der Waals surface area contributed by atoms with Crippen LogP contribution in [0.15, 0.2) is 12.2 Å². The van der Waals surface area contributed by atoms with Crippen LogP contribution in [0.3, 0.4) is 0 Å². The summed E-state index contributed by atoms with van der Waals surface area (Å²) in [6.07, 6.45) is 15.3. The molecule has 0 bridgehead atoms. The molecule has 0 radical (unpaired) electrons. The molecule has 13 nitrogen and oxygen atoms in total. The van der Waals surface area contributed by atoms with Crippen LogP contribution in [0.25, 0.3) is 0 Å². The lowest BCUT2D eigenvalue weighted by atomic mass is 9.65. The Morgan fingerprint density at radius 1 is 0.821 bits per heavy atom. The van der Waals surface area contributed by atoms with Gasteiger partial charge in [0.2, 0.25) is 0 Å². The highest BCUT2D eigenvalue weighted by molar-refractivity contribution is 5.80. The lowest BCUT2D eigenvalue weighted by molar-refractivity contribution is -0.172. The molecule has 9 atom stereocenters. The van der Waals surface area contributed by atoms with Crippen molar-refractivity contribution in [2.75, 3.05) is 26.4 Å². The Morgan fingerprint density at radius 2 is 1.43 bits per heavy atom. The van der Waals surface area contributed by atoms with Gasteiger partial charge in [0.05, 0.1) is 31.2 Å². The van der Waals surface area contributed by atoms with Crippen molar-refractivity contribution in [1.29, 1.82) is 0 Å². The maximum absolute atomic E-state index is 13.3. The number of esters is 4. The van der Waals surface area contributed by atoms with Crippen LogP contribution in [0.5, 0.6) is 0 Å². The molecule has 1 saturated carbocycles. The van der Waals surface area contributed by atoms with Gasteiger partial charge in [-0.3, -0.25) is 19.2 Å². The summed E-state index contributed by atoms with van der Waals surface area (Å²) in [5.74, 6) is -2.11. The van der Waals surface area contributed by atoms with Gasteiger partial charge in [-0.1, -0.05) is 90.7 Å². The molecular formula is C43H74O13. The molecule has 5 unspecified atom stereocenters. The zero-order chi connectivity index (χ0) is 41.5. The summed E-state index contributed by atoms with van der Waals surface area (Å²) in [6, 6.07) is 0. The number of allylic oxidation sites excluding steroid dienone is 2. The third-order valence-electron chi connectivity index (χ3n) is 11.2. The summed E-state index contributed by atoms with van der Waals surface area (Å²) in [5.41, 5.74) is -0.480. The Morgan fingerprint density at radius 3 is 2.00 bits per heavy atom. The van der Waals surface area contributed by atoms with Gasteiger partial charge < -0.3 is 44.1 Å². The second-order valence-corrected chi connectivity index (χ2v) is 16.6. The molecule has 4 N–H and O–H groups in total. The van der Waals surface area contributed by atoms with E-state index in [1.165, 1.54) is 52.4 Å². The van der Waals surface area contributed by atoms with E-state index in [0.717, 1.165) is 57.8 Å². The number of hydrogen-bond donors (Lipinski definition) is 4. The monoisotopic (exact) mass is 799 g/mol. The highest BCUT2D eigenvalue weighted by Gasteiger charge is 2.43. The van der Waals surface area contributed by atoms with Crippen LogP contribution >= 0.6 is 0 Å². The van der Waals surface area contributed by atoms with Gasteiger partial charge in [-0.25, -0.2) is 0 Å². The van der Waals surface area contributed by atoms with Crippen molar-refractivity contribution >= 4 is 23.9 Å². The van der Waals surface area contributed by atoms with Crippen LogP contribution in [0.1, 0.15) is 150 Å². The van der Waals surface area contributed by atoms with E-state index in [9.17, 15) is 39.6 Å². The normalized spacial score (nSPS) is 25.5. The molecule has 0 spiro atoms. The van der Waals surface area contributed by atoms with Gasteiger partial charge in [-0.15, -0.1) is 0 Å². The van der Waals surface area contributed by atoms with Gasteiger partial charge >= 0.3 is 23.9 Å². The summed E-state index contributed by atoms with van der Waals surface area (Å²) >= 11 is 0. The summed E-state index contributed by atoms with van der Waals surface area (Å²) in [6.45, 7) is 7.63. The molecule has 1 heterocycles. The Kier molecular flexibility index (Phi) is 24.0. The average Bonchev–Trinajstić information content (AvgIpc) is 3.47. The van der Waals surface area contributed by atoms with E-state index < -0.39 is 72.5 Å². The molecule has 13 heteroatoms. The molecule has 2 rings (SSSR count). The third kappa shape index (κ3) is 19.2. The first-order valence-corrected chi connectivity index (χ1v) is 21.3. The highest BCUT2D eigenvalue weighted by atomic mass is 16.6. The Balaban J connectivity index is 1.70. The largest absolute Gasteiger partial charge is 0.462 e. The van der Waals surface area contributed by atoms with Crippen LogP contribution in [0.4, 0.5) is 0 Å². The molecule has 1 aliphatic heterocycles. The summed E-state index contributed by atoms with van der Waals surface area (Å²) in [5, 5.41) is 41.3. The lowest BCUT2D eigenvalue weighted by Crippen LogP contribution is -2.45. The Labute approximate surface area is 335 Å². The standard InChI is InChI=1S/C43H74O13/c1-30(2)36-22-21-31(3)25-43(36,51)23-19-17-15-13-11-9-7-6-8-10-12-14-16-18-20-34(42(50)56-38(26-44)41-40(49)37(47)29-54-41)24-39(48)53-28-35(55-33(5)46)27-52-32(4)45/h6,8,30-31,34-38,40-41,44,47,49,51H,7,9-29H2,1-5H3/t31?,34?,35?,36?,37-,38+,40+,41+,43?/m0/s1. The fraction of sp³-hybridized carbons (Fsp3) is 0.860. The molecule has 1 saturated heterocycles. The molecule has 0 amide bonds. The van der Waals surface area contributed by atoms with Crippen molar-refractivity contribution in [2.45, 2.75) is 186 Å². The average molecular weight is 799 g/mol. The number of rotatable bonds is 28. The molecule has 0 aromatic heterocycles. The van der Waals surface area contributed by atoms with Crippen LogP contribution in [-0.2, 0) is 42.9 Å². The van der Waals surface area contributed by atoms with Crippen LogP contribution in [0.2, 0.25) is 0 Å². The second-order valence-electron chi connectivity index (χ2n) is 16.6. The van der Waals surface area contributed by atoms with Crippen molar-refractivity contribution < 1.29 is 63.3 Å². The Hall–Kier alpha value is -2.58. The number of carbonyl (C=O) groups excluding carboxylic acids is 4. The first kappa shape index (κ1) is 49.6. The van der Waals surface area contributed by atoms with Gasteiger partial charge in [-0.2, -0.15) is 0 Å². The van der Waals surface area contributed by atoms with Crippen molar-refractivity contribution in [3.8, 4) is 0 Å². The lowest BCUT2D eigenvalue weighted by Gasteiger charge is -2.45. The van der Waals surface area contributed by atoms with E-state index in [1.54, 1.807) is 0 Å². The molecule has 0 aromatic carbocycles. The predicted octanol–water partition coefficient (Wildman–Crippen LogP) is 5.90. The molecule has 324 valence electrons. The number of carbonyl (C=O) groups is 4. The quantitative estimate of drug-likeness (QED) is 0.0317. The number of ether oxygens (including phenoxy) is 5. The van der Waals surface area contributed by atoms with Gasteiger partial charge in [0.25, 0.3) is 0 Å². The number of aliphatic hydroxyl groups excluding tert-OH is 3. The second kappa shape index (κ2) is 27.2. The van der Waals surface area contributed by atoms with Gasteiger partial charge in [0.1, 0.15) is 31.5 Å². The van der Waals surface area contributed by atoms with Gasteiger partial charge in [0, 0.05) is 13.8 Å². The highest BCUT2D eigenvalue weighted by Crippen LogP contribution is 2.43. The van der Waals surface area contributed by atoms with E-state index in [4.69, 9.17) is 23.7 Å². The number of aliphatic hydroxyl groups is 4. The third-order valence-corrected chi connectivity index (χ3v) is 11.2. The van der Waals surface area contributed by atoms with E-state index in [2.05, 4.69) is 32.9 Å². The summed E-state index contributed by atoms with van der Waals surface area (Å²) in [4.78, 5) is 48.7. The van der Waals surface area contributed by atoms with Crippen molar-refractivity contribution in [3.05, 3.63) is 12.2 Å². The maximum atomic E-state index is 13.3. The van der Waals surface area contributed by atoms with Crippen LogP contribution in [0, 0.1) is 23.7 Å². The van der Waals surface area contributed by atoms with Crippen molar-refractivity contribution in [3.63, 3.8) is 0 Å². The van der Waals surface area contributed by atoms with E-state index in [1.807, 2.05) is 0 Å². The summed E-state index contributed by atoms with van der Waals surface area (Å²) in [7, 11) is 0. The van der Waals surface area contributed by atoms with Crippen molar-refractivity contribution in [2.24, 2.45) is 23.7 Å². The van der Waals surface area contributed by atoms with Gasteiger partial charge in [-0.05, 0) is 69.1 Å². The molecular weight excluding hydrogens is 724 g/mol. The molecule has 56 heavy (non-hydrogen) atoms. The molecule has 0 aromatic rings. The maximum Gasteiger partial charge on any atom is 0.309 e. The molecule has 2 aliphatic rings. The minimum Gasteiger partial charge on any atom is -0.462 e. The van der Waals surface area contributed by atoms with Crippen molar-refractivity contribution in [1.82, 2.24) is 0 Å². The molecule has 1 aliphatic carbocycles. The minimum absolute atomic E-state index is 0.173. The smallest absolute Gasteiger partial charge is 0.309 e. The number of unbranched alkanes of at least 4 members (excludes halogenated alkanes) is 10. The van der Waals surface area contributed by atoms with Crippen LogP contribution < -0.4 is 0 Å². The SMILES string of the molecule is CC(=O)OCC(COC(=O)CC(CCCCCCC=CCCCCCCCCC1(O)CC(C)CCC1C(C)C)C(=O)O[C@H](CO)[C@H]1OC[C@H](O)[C@H]1O)OC(C)=O. The zero-order valence-electron chi connectivity index (χ0n) is 34.9. The topological polar surface area (TPSA) is 195 Å². The number of hydrogen-bond acceptors (Lipinski definition) is 13. The van der Waals surface area contributed by atoms with E-state index in [-0.39, 0.29) is 26.2 Å². The fourth-order valence-electron chi connectivity index (χ4n) is 8.19. The minimum atomic E-state index is -1.35.